The molecule has 1 fully saturated rings. The third kappa shape index (κ3) is 10.4. The number of esters is 1. The summed E-state index contributed by atoms with van der Waals surface area (Å²) in [5.41, 5.74) is 2.23. The maximum Gasteiger partial charge on any atom is 0.308 e. The van der Waals surface area contributed by atoms with Gasteiger partial charge >= 0.3 is 5.97 Å². The summed E-state index contributed by atoms with van der Waals surface area (Å²) >= 11 is 1.64. The van der Waals surface area contributed by atoms with Crippen LogP contribution >= 0.6 is 11.3 Å². The molecule has 40 heavy (non-hydrogen) atoms. The normalized spacial score (nSPS) is 13.7. The van der Waals surface area contributed by atoms with E-state index in [2.05, 4.69) is 4.98 Å². The molecule has 1 aliphatic rings. The molecule has 1 saturated carbocycles. The molecule has 0 aliphatic heterocycles. The topological polar surface area (TPSA) is 98.7 Å². The standard InChI is InChI=1S/C15H14N2OS.C8H16O2.C7H15NO2S/c1-10(2)18-15-14(13-8-5-9-19-13)16-11-6-3-4-7-12(11)17-15;1-6(2)7(9)10-8(3,4)5;1-6(2)8(3)11(9,10)7-4-5-7/h3-10H,1-2H3;6H,1-5H3;6-7H,4-5H2,1-3H3. The number of carbonyl (C=O) groups is 1. The van der Waals surface area contributed by atoms with Crippen LogP contribution in [0.1, 0.15) is 75.2 Å². The number of hydrogen-bond donors (Lipinski definition) is 0. The minimum absolute atomic E-state index is 0.0285. The zero-order valence-electron chi connectivity index (χ0n) is 25.5. The highest BCUT2D eigenvalue weighted by Crippen LogP contribution is 2.32. The minimum atomic E-state index is -2.93. The third-order valence-corrected chi connectivity index (χ3v) is 9.01. The van der Waals surface area contributed by atoms with Gasteiger partial charge in [0.05, 0.1) is 33.2 Å². The highest BCUT2D eigenvalue weighted by molar-refractivity contribution is 7.90. The Morgan fingerprint density at radius 3 is 1.95 bits per heavy atom. The van der Waals surface area contributed by atoms with Crippen molar-refractivity contribution in [3.8, 4) is 16.5 Å². The number of ether oxygens (including phenoxy) is 2. The van der Waals surface area contributed by atoms with Gasteiger partial charge in [0.15, 0.2) is 0 Å². The summed E-state index contributed by atoms with van der Waals surface area (Å²) in [6.07, 6.45) is 1.77. The number of hydrogen-bond acceptors (Lipinski definition) is 8. The molecule has 0 atom stereocenters. The van der Waals surface area contributed by atoms with Crippen LogP contribution in [-0.4, -0.2) is 58.7 Å². The zero-order valence-corrected chi connectivity index (χ0v) is 27.1. The predicted molar refractivity (Wildman–Crippen MR) is 164 cm³/mol. The molecule has 1 aromatic carbocycles. The summed E-state index contributed by atoms with van der Waals surface area (Å²) < 4.78 is 35.3. The van der Waals surface area contributed by atoms with E-state index in [1.807, 2.05) is 104 Å². The van der Waals surface area contributed by atoms with Gasteiger partial charge in [-0.1, -0.05) is 32.0 Å². The van der Waals surface area contributed by atoms with Crippen LogP contribution in [0.15, 0.2) is 41.8 Å². The molecule has 0 amide bonds. The van der Waals surface area contributed by atoms with E-state index >= 15 is 0 Å². The molecular weight excluding hydrogens is 546 g/mol. The summed E-state index contributed by atoms with van der Waals surface area (Å²) in [5, 5.41) is 1.96. The second kappa shape index (κ2) is 14.4. The number of carbonyl (C=O) groups excluding carboxylic acids is 1. The second-order valence-electron chi connectivity index (χ2n) is 11.6. The van der Waals surface area contributed by atoms with E-state index in [1.54, 1.807) is 18.4 Å². The van der Waals surface area contributed by atoms with Gasteiger partial charge in [-0.2, -0.15) is 0 Å². The van der Waals surface area contributed by atoms with Crippen LogP contribution < -0.4 is 4.74 Å². The van der Waals surface area contributed by atoms with Crippen molar-refractivity contribution in [1.82, 2.24) is 14.3 Å². The molecule has 8 nitrogen and oxygen atoms in total. The smallest absolute Gasteiger partial charge is 0.308 e. The van der Waals surface area contributed by atoms with Gasteiger partial charge in [-0.15, -0.1) is 11.3 Å². The molecule has 0 spiro atoms. The maximum absolute atomic E-state index is 11.5. The number of nitrogens with zero attached hydrogens (tertiary/aromatic N) is 3. The van der Waals surface area contributed by atoms with Gasteiger partial charge in [-0.05, 0) is 84.9 Å². The van der Waals surface area contributed by atoms with Crippen LogP contribution in [0.25, 0.3) is 21.6 Å². The molecule has 1 aliphatic carbocycles. The van der Waals surface area contributed by atoms with Gasteiger partial charge in [0, 0.05) is 13.1 Å². The van der Waals surface area contributed by atoms with Crippen molar-refractivity contribution in [3.63, 3.8) is 0 Å². The molecule has 0 saturated heterocycles. The summed E-state index contributed by atoms with van der Waals surface area (Å²) in [6, 6.07) is 12.0. The monoisotopic (exact) mass is 591 g/mol. The Morgan fingerprint density at radius 1 is 0.975 bits per heavy atom. The zero-order chi connectivity index (χ0) is 30.3. The van der Waals surface area contributed by atoms with Gasteiger partial charge in [0.25, 0.3) is 0 Å². The molecule has 3 aromatic rings. The Morgan fingerprint density at radius 2 is 1.55 bits per heavy atom. The van der Waals surface area contributed by atoms with Crippen LogP contribution in [0, 0.1) is 5.92 Å². The number of rotatable bonds is 7. The molecule has 0 bridgehead atoms. The lowest BCUT2D eigenvalue weighted by Crippen LogP contribution is -2.35. The van der Waals surface area contributed by atoms with E-state index < -0.39 is 10.0 Å². The molecule has 2 heterocycles. The van der Waals surface area contributed by atoms with Crippen LogP contribution in [0.4, 0.5) is 0 Å². The molecule has 4 rings (SSSR count). The van der Waals surface area contributed by atoms with Gasteiger partial charge in [-0.3, -0.25) is 4.79 Å². The molecule has 10 heteroatoms. The van der Waals surface area contributed by atoms with Crippen LogP contribution in [-0.2, 0) is 19.6 Å². The molecule has 0 radical (unpaired) electrons. The minimum Gasteiger partial charge on any atom is -0.473 e. The lowest BCUT2D eigenvalue weighted by atomic mass is 10.1. The fraction of sp³-hybridized carbons (Fsp3) is 0.567. The number of fused-ring (bicyclic) bond motifs is 1. The highest BCUT2D eigenvalue weighted by atomic mass is 32.2. The molecule has 0 N–H and O–H groups in total. The van der Waals surface area contributed by atoms with E-state index in [0.29, 0.717) is 5.88 Å². The predicted octanol–water partition coefficient (Wildman–Crippen LogP) is 6.95. The fourth-order valence-corrected chi connectivity index (χ4v) is 5.67. The van der Waals surface area contributed by atoms with E-state index in [1.165, 1.54) is 4.31 Å². The Kier molecular flexibility index (Phi) is 12.1. The number of aromatic nitrogens is 2. The van der Waals surface area contributed by atoms with Crippen molar-refractivity contribution in [2.45, 2.75) is 98.2 Å². The fourth-order valence-electron chi connectivity index (χ4n) is 3.18. The van der Waals surface area contributed by atoms with Crippen molar-refractivity contribution in [3.05, 3.63) is 41.8 Å². The van der Waals surface area contributed by atoms with Crippen molar-refractivity contribution in [2.24, 2.45) is 5.92 Å². The first-order chi connectivity index (χ1) is 18.5. The van der Waals surface area contributed by atoms with Crippen molar-refractivity contribution >= 4 is 38.4 Å². The molecule has 2 aromatic heterocycles. The van der Waals surface area contributed by atoms with Gasteiger partial charge < -0.3 is 9.47 Å². The largest absolute Gasteiger partial charge is 0.473 e. The third-order valence-electron chi connectivity index (χ3n) is 5.59. The van der Waals surface area contributed by atoms with Gasteiger partial charge in [0.2, 0.25) is 15.9 Å². The Hall–Kier alpha value is -2.56. The summed E-state index contributed by atoms with van der Waals surface area (Å²) in [5.74, 6) is 0.447. The summed E-state index contributed by atoms with van der Waals surface area (Å²) in [7, 11) is -1.28. The molecule has 0 unspecified atom stereocenters. The molecular formula is C30H45N3O5S2. The highest BCUT2D eigenvalue weighted by Gasteiger charge is 2.39. The quantitative estimate of drug-likeness (QED) is 0.274. The number of para-hydroxylation sites is 2. The van der Waals surface area contributed by atoms with E-state index in [0.717, 1.165) is 34.4 Å². The summed E-state index contributed by atoms with van der Waals surface area (Å²) in [4.78, 5) is 21.3. The summed E-state index contributed by atoms with van der Waals surface area (Å²) in [6.45, 7) is 17.0. The molecule has 222 valence electrons. The average Bonchev–Trinajstić information content (AvgIpc) is 3.58. The Labute approximate surface area is 244 Å². The first-order valence-corrected chi connectivity index (χ1v) is 16.1. The number of benzene rings is 1. The van der Waals surface area contributed by atoms with E-state index in [-0.39, 0.29) is 34.9 Å². The first-order valence-electron chi connectivity index (χ1n) is 13.7. The number of thiophene rings is 1. The van der Waals surface area contributed by atoms with E-state index in [9.17, 15) is 13.2 Å². The van der Waals surface area contributed by atoms with Gasteiger partial charge in [-0.25, -0.2) is 22.7 Å². The Balaban J connectivity index is 0.000000230. The van der Waals surface area contributed by atoms with Crippen molar-refractivity contribution in [1.29, 1.82) is 0 Å². The second-order valence-corrected chi connectivity index (χ2v) is 14.8. The van der Waals surface area contributed by atoms with Crippen molar-refractivity contribution in [2.75, 3.05) is 7.05 Å². The van der Waals surface area contributed by atoms with Crippen LogP contribution in [0.5, 0.6) is 5.88 Å². The van der Waals surface area contributed by atoms with Crippen LogP contribution in [0.2, 0.25) is 0 Å². The van der Waals surface area contributed by atoms with Crippen LogP contribution in [0.3, 0.4) is 0 Å². The maximum atomic E-state index is 11.5. The number of sulfonamides is 1. The van der Waals surface area contributed by atoms with Crippen molar-refractivity contribution < 1.29 is 22.7 Å². The average molecular weight is 592 g/mol. The van der Waals surface area contributed by atoms with E-state index in [4.69, 9.17) is 14.5 Å². The first kappa shape index (κ1) is 33.6. The SMILES string of the molecule is CC(C)C(=O)OC(C)(C)C.CC(C)N(C)S(=O)(=O)C1CC1.CC(C)Oc1nc2ccccc2nc1-c1cccs1. The lowest BCUT2D eigenvalue weighted by molar-refractivity contribution is -0.158. The Bertz CT molecular complexity index is 1330. The lowest BCUT2D eigenvalue weighted by Gasteiger charge is -2.20. The van der Waals surface area contributed by atoms with Gasteiger partial charge in [0.1, 0.15) is 11.3 Å².